The molecule has 1 aromatic heterocycles. The highest BCUT2D eigenvalue weighted by atomic mass is 32.1. The van der Waals surface area contributed by atoms with Crippen molar-refractivity contribution in [2.45, 2.75) is 31.9 Å². The number of halogens is 2. The topological polar surface area (TPSA) is 58.6 Å². The third-order valence-electron chi connectivity index (χ3n) is 5.33. The van der Waals surface area contributed by atoms with Crippen LogP contribution in [0.3, 0.4) is 0 Å². The van der Waals surface area contributed by atoms with E-state index in [0.29, 0.717) is 35.5 Å². The maximum Gasteiger partial charge on any atom is 0.387 e. The Kier molecular flexibility index (Phi) is 6.80. The number of anilines is 1. The van der Waals surface area contributed by atoms with Crippen LogP contribution in [-0.4, -0.2) is 35.9 Å². The molecule has 1 saturated heterocycles. The number of amides is 2. The molecular formula is C24H22F2N2O3S. The molecule has 0 saturated carbocycles. The molecule has 1 atom stereocenters. The Morgan fingerprint density at radius 3 is 2.66 bits per heavy atom. The maximum atomic E-state index is 13.0. The number of nitrogens with zero attached hydrogens (tertiary/aromatic N) is 1. The number of ether oxygens (including phenoxy) is 1. The van der Waals surface area contributed by atoms with Crippen molar-refractivity contribution in [2.75, 3.05) is 11.9 Å². The fourth-order valence-corrected chi connectivity index (χ4v) is 4.55. The summed E-state index contributed by atoms with van der Waals surface area (Å²) in [6.07, 6.45) is 1.70. The molecular weight excluding hydrogens is 434 g/mol. The van der Waals surface area contributed by atoms with Gasteiger partial charge in [-0.2, -0.15) is 8.78 Å². The van der Waals surface area contributed by atoms with Crippen molar-refractivity contribution >= 4 is 28.8 Å². The van der Waals surface area contributed by atoms with Crippen molar-refractivity contribution in [2.24, 2.45) is 0 Å². The van der Waals surface area contributed by atoms with Crippen LogP contribution in [0.5, 0.6) is 5.75 Å². The molecule has 1 aliphatic heterocycles. The Hall–Kier alpha value is -3.26. The van der Waals surface area contributed by atoms with E-state index in [4.69, 9.17) is 0 Å². The van der Waals surface area contributed by atoms with Gasteiger partial charge in [0.25, 0.3) is 5.91 Å². The number of likely N-dealkylation sites (tertiary alicyclic amines) is 1. The summed E-state index contributed by atoms with van der Waals surface area (Å²) in [6.45, 7) is -2.42. The average Bonchev–Trinajstić information content (AvgIpc) is 3.48. The number of carbonyl (C=O) groups is 2. The molecule has 0 radical (unpaired) electrons. The summed E-state index contributed by atoms with van der Waals surface area (Å²) in [4.78, 5) is 27.9. The minimum Gasteiger partial charge on any atom is -0.435 e. The third-order valence-corrected chi connectivity index (χ3v) is 6.19. The quantitative estimate of drug-likeness (QED) is 0.533. The fraction of sp³-hybridized carbons (Fsp3) is 0.250. The van der Waals surface area contributed by atoms with Crippen molar-refractivity contribution in [1.29, 1.82) is 0 Å². The third kappa shape index (κ3) is 5.13. The molecule has 2 amide bonds. The first kappa shape index (κ1) is 22.0. The Morgan fingerprint density at radius 2 is 1.94 bits per heavy atom. The fourth-order valence-electron chi connectivity index (χ4n) is 3.87. The lowest BCUT2D eigenvalue weighted by atomic mass is 10.0. The second kappa shape index (κ2) is 9.91. The van der Waals surface area contributed by atoms with Gasteiger partial charge in [-0.25, -0.2) is 0 Å². The van der Waals surface area contributed by atoms with E-state index in [2.05, 4.69) is 10.1 Å². The van der Waals surface area contributed by atoms with E-state index < -0.39 is 12.7 Å². The molecule has 2 aromatic carbocycles. The molecule has 1 fully saturated rings. The summed E-state index contributed by atoms with van der Waals surface area (Å²) in [6, 6.07) is 17.0. The van der Waals surface area contributed by atoms with Crippen LogP contribution in [0.2, 0.25) is 0 Å². The highest BCUT2D eigenvalue weighted by molar-refractivity contribution is 7.12. The van der Waals surface area contributed by atoms with Gasteiger partial charge in [-0.05, 0) is 48.1 Å². The van der Waals surface area contributed by atoms with Gasteiger partial charge in [0.15, 0.2) is 0 Å². The van der Waals surface area contributed by atoms with Crippen molar-refractivity contribution in [3.8, 4) is 5.75 Å². The molecule has 5 nitrogen and oxygen atoms in total. The second-order valence-electron chi connectivity index (χ2n) is 7.49. The largest absolute Gasteiger partial charge is 0.435 e. The number of hydrogen-bond donors (Lipinski definition) is 1. The van der Waals surface area contributed by atoms with E-state index in [1.807, 2.05) is 35.7 Å². The number of alkyl halides is 2. The first-order valence-corrected chi connectivity index (χ1v) is 11.2. The summed E-state index contributed by atoms with van der Waals surface area (Å²) < 4.78 is 30.4. The van der Waals surface area contributed by atoms with Gasteiger partial charge in [0.1, 0.15) is 11.8 Å². The predicted octanol–water partition coefficient (Wildman–Crippen LogP) is 5.18. The zero-order valence-corrected chi connectivity index (χ0v) is 18.0. The number of nitrogens with one attached hydrogen (secondary N) is 1. The minimum atomic E-state index is -2.94. The Labute approximate surface area is 188 Å². The summed E-state index contributed by atoms with van der Waals surface area (Å²) in [5.74, 6) is -0.374. The normalized spacial score (nSPS) is 15.7. The molecule has 0 aliphatic carbocycles. The lowest BCUT2D eigenvalue weighted by molar-refractivity contribution is -0.119. The summed E-state index contributed by atoms with van der Waals surface area (Å²) in [7, 11) is 0. The van der Waals surface area contributed by atoms with Gasteiger partial charge < -0.3 is 15.0 Å². The minimum absolute atomic E-state index is 0.0669. The van der Waals surface area contributed by atoms with Crippen LogP contribution in [0.4, 0.5) is 14.5 Å². The van der Waals surface area contributed by atoms with Gasteiger partial charge in [-0.15, -0.1) is 11.3 Å². The molecule has 0 unspecified atom stereocenters. The molecule has 2 heterocycles. The Morgan fingerprint density at radius 1 is 1.12 bits per heavy atom. The van der Waals surface area contributed by atoms with Crippen LogP contribution in [0.15, 0.2) is 66.0 Å². The molecule has 0 spiro atoms. The molecule has 0 bridgehead atoms. The van der Waals surface area contributed by atoms with E-state index in [-0.39, 0.29) is 17.6 Å². The van der Waals surface area contributed by atoms with Gasteiger partial charge in [0, 0.05) is 24.2 Å². The number of thiophene rings is 1. The van der Waals surface area contributed by atoms with Crippen LogP contribution in [0.25, 0.3) is 0 Å². The molecule has 8 heteroatoms. The SMILES string of the molecule is O=C(Nc1ccc(OC(F)F)c(Cc2ccccc2)c1)[C@@H]1CCCN1C(=O)c1cccs1. The zero-order valence-electron chi connectivity index (χ0n) is 17.2. The molecule has 166 valence electrons. The van der Waals surface area contributed by atoms with E-state index >= 15 is 0 Å². The van der Waals surface area contributed by atoms with Gasteiger partial charge in [-0.1, -0.05) is 36.4 Å². The molecule has 3 aromatic rings. The molecule has 32 heavy (non-hydrogen) atoms. The highest BCUT2D eigenvalue weighted by Gasteiger charge is 2.35. The summed E-state index contributed by atoms with van der Waals surface area (Å²) in [5, 5.41) is 4.68. The monoisotopic (exact) mass is 456 g/mol. The standard InChI is InChI=1S/C24H22F2N2O3S/c25-24(26)31-20-11-10-18(15-17(20)14-16-6-2-1-3-7-16)27-22(29)19-8-4-12-28(19)23(30)21-9-5-13-32-21/h1-3,5-7,9-11,13,15,19,24H,4,8,12,14H2,(H,27,29)/t19-/m0/s1. The average molecular weight is 457 g/mol. The smallest absolute Gasteiger partial charge is 0.387 e. The van der Waals surface area contributed by atoms with Crippen LogP contribution in [0.1, 0.15) is 33.6 Å². The lowest BCUT2D eigenvalue weighted by Crippen LogP contribution is -2.42. The number of benzene rings is 2. The summed E-state index contributed by atoms with van der Waals surface area (Å²) in [5.41, 5.74) is 1.93. The second-order valence-corrected chi connectivity index (χ2v) is 8.43. The van der Waals surface area contributed by atoms with Gasteiger partial charge >= 0.3 is 6.61 Å². The number of hydrogen-bond acceptors (Lipinski definition) is 4. The highest BCUT2D eigenvalue weighted by Crippen LogP contribution is 2.28. The van der Waals surface area contributed by atoms with Gasteiger partial charge in [-0.3, -0.25) is 9.59 Å². The lowest BCUT2D eigenvalue weighted by Gasteiger charge is -2.23. The van der Waals surface area contributed by atoms with Crippen molar-refractivity contribution in [3.05, 3.63) is 82.0 Å². The first-order chi connectivity index (χ1) is 15.5. The summed E-state index contributed by atoms with van der Waals surface area (Å²) >= 11 is 1.35. The Bertz CT molecular complexity index is 1070. The number of carbonyl (C=O) groups excluding carboxylic acids is 2. The van der Waals surface area contributed by atoms with Crippen LogP contribution < -0.4 is 10.1 Å². The zero-order chi connectivity index (χ0) is 22.5. The van der Waals surface area contributed by atoms with Crippen molar-refractivity contribution < 1.29 is 23.1 Å². The van der Waals surface area contributed by atoms with Gasteiger partial charge in [0.2, 0.25) is 5.91 Å². The van der Waals surface area contributed by atoms with Crippen LogP contribution in [-0.2, 0) is 11.2 Å². The van der Waals surface area contributed by atoms with Gasteiger partial charge in [0.05, 0.1) is 4.88 Å². The number of rotatable bonds is 7. The predicted molar refractivity (Wildman–Crippen MR) is 119 cm³/mol. The molecule has 1 N–H and O–H groups in total. The van der Waals surface area contributed by atoms with E-state index in [0.717, 1.165) is 12.0 Å². The van der Waals surface area contributed by atoms with Crippen LogP contribution >= 0.6 is 11.3 Å². The maximum absolute atomic E-state index is 13.0. The first-order valence-electron chi connectivity index (χ1n) is 10.3. The van der Waals surface area contributed by atoms with Crippen molar-refractivity contribution in [3.63, 3.8) is 0 Å². The molecule has 1 aliphatic rings. The van der Waals surface area contributed by atoms with Crippen molar-refractivity contribution in [1.82, 2.24) is 4.90 Å². The molecule has 4 rings (SSSR count). The van der Waals surface area contributed by atoms with E-state index in [9.17, 15) is 18.4 Å². The van der Waals surface area contributed by atoms with Crippen LogP contribution in [0, 0.1) is 0 Å². The Balaban J connectivity index is 1.52. The van der Waals surface area contributed by atoms with E-state index in [1.165, 1.54) is 23.5 Å². The van der Waals surface area contributed by atoms with E-state index in [1.54, 1.807) is 23.1 Å².